The number of nitrogens with one attached hydrogen (secondary N) is 1. The van der Waals surface area contributed by atoms with Gasteiger partial charge >= 0.3 is 6.03 Å². The molecule has 0 unspecified atom stereocenters. The zero-order valence-corrected chi connectivity index (χ0v) is 8.77. The number of rotatable bonds is 2. The highest BCUT2D eigenvalue weighted by Crippen LogP contribution is 2.17. The van der Waals surface area contributed by atoms with Crippen molar-refractivity contribution in [3.05, 3.63) is 29.8 Å². The largest absolute Gasteiger partial charge is 0.366 e. The van der Waals surface area contributed by atoms with Gasteiger partial charge in [-0.2, -0.15) is 0 Å². The summed E-state index contributed by atoms with van der Waals surface area (Å²) >= 11 is 0. The number of amides is 3. The molecule has 1 saturated heterocycles. The van der Waals surface area contributed by atoms with Gasteiger partial charge in [0.1, 0.15) is 0 Å². The first-order valence-electron chi connectivity index (χ1n) is 5.14. The second-order valence-corrected chi connectivity index (χ2v) is 3.65. The van der Waals surface area contributed by atoms with E-state index >= 15 is 0 Å². The van der Waals surface area contributed by atoms with Crippen LogP contribution in [0.3, 0.4) is 0 Å². The summed E-state index contributed by atoms with van der Waals surface area (Å²) in [4.78, 5) is 24.1. The van der Waals surface area contributed by atoms with E-state index in [1.54, 1.807) is 29.2 Å². The van der Waals surface area contributed by atoms with Crippen molar-refractivity contribution < 1.29 is 9.59 Å². The Labute approximate surface area is 93.2 Å². The fraction of sp³-hybridized carbons (Fsp3) is 0.273. The molecule has 1 aliphatic rings. The number of primary amides is 1. The lowest BCUT2D eigenvalue weighted by molar-refractivity contribution is 0.100. The quantitative estimate of drug-likeness (QED) is 0.768. The minimum Gasteiger partial charge on any atom is -0.366 e. The number of anilines is 1. The zero-order chi connectivity index (χ0) is 11.5. The van der Waals surface area contributed by atoms with E-state index in [0.29, 0.717) is 18.7 Å². The van der Waals surface area contributed by atoms with Crippen LogP contribution in [0, 0.1) is 0 Å². The van der Waals surface area contributed by atoms with Gasteiger partial charge in [-0.1, -0.05) is 0 Å². The van der Waals surface area contributed by atoms with Crippen LogP contribution < -0.4 is 16.0 Å². The number of hydrogen-bond acceptors (Lipinski definition) is 2. The highest BCUT2D eigenvalue weighted by atomic mass is 16.2. The van der Waals surface area contributed by atoms with Crippen LogP contribution in [-0.4, -0.2) is 25.0 Å². The molecule has 0 saturated carbocycles. The Kier molecular flexibility index (Phi) is 2.76. The van der Waals surface area contributed by atoms with Crippen molar-refractivity contribution in [2.24, 2.45) is 5.73 Å². The minimum atomic E-state index is -0.463. The molecule has 0 aromatic heterocycles. The van der Waals surface area contributed by atoms with E-state index in [2.05, 4.69) is 5.32 Å². The lowest BCUT2D eigenvalue weighted by Gasteiger charge is -2.27. The molecule has 1 aliphatic heterocycles. The van der Waals surface area contributed by atoms with Crippen LogP contribution in [0.2, 0.25) is 0 Å². The highest BCUT2D eigenvalue weighted by Gasteiger charge is 2.18. The van der Waals surface area contributed by atoms with E-state index in [0.717, 1.165) is 12.1 Å². The van der Waals surface area contributed by atoms with Gasteiger partial charge in [-0.05, 0) is 30.7 Å². The molecule has 1 heterocycles. The molecule has 1 aromatic rings. The number of nitrogens with two attached hydrogens (primary N) is 1. The summed E-state index contributed by atoms with van der Waals surface area (Å²) in [5.41, 5.74) is 6.36. The smallest absolute Gasteiger partial charge is 0.321 e. The van der Waals surface area contributed by atoms with Crippen molar-refractivity contribution in [3.63, 3.8) is 0 Å². The van der Waals surface area contributed by atoms with Gasteiger partial charge < -0.3 is 11.1 Å². The fourth-order valence-corrected chi connectivity index (χ4v) is 1.68. The molecule has 5 heteroatoms. The molecular weight excluding hydrogens is 206 g/mol. The lowest BCUT2D eigenvalue weighted by Crippen LogP contribution is -2.46. The molecule has 0 atom stereocenters. The van der Waals surface area contributed by atoms with E-state index < -0.39 is 5.91 Å². The highest BCUT2D eigenvalue weighted by molar-refractivity contribution is 5.95. The van der Waals surface area contributed by atoms with Gasteiger partial charge in [0, 0.05) is 24.3 Å². The number of nitrogens with zero attached hydrogens (tertiary/aromatic N) is 1. The number of benzene rings is 1. The summed E-state index contributed by atoms with van der Waals surface area (Å²) in [6, 6.07) is 6.60. The predicted octanol–water partition coefficient (Wildman–Crippen LogP) is 0.705. The third kappa shape index (κ3) is 1.98. The molecule has 84 valence electrons. The molecule has 0 aliphatic carbocycles. The van der Waals surface area contributed by atoms with E-state index in [1.807, 2.05) is 0 Å². The zero-order valence-electron chi connectivity index (χ0n) is 8.77. The molecule has 0 bridgehead atoms. The van der Waals surface area contributed by atoms with Crippen LogP contribution in [-0.2, 0) is 0 Å². The van der Waals surface area contributed by atoms with Crippen LogP contribution in [0.1, 0.15) is 16.8 Å². The maximum absolute atomic E-state index is 11.5. The van der Waals surface area contributed by atoms with Gasteiger partial charge in [0.05, 0.1) is 0 Å². The SMILES string of the molecule is NC(=O)c1ccc(N2CCCNC2=O)cc1. The van der Waals surface area contributed by atoms with E-state index in [-0.39, 0.29) is 6.03 Å². The minimum absolute atomic E-state index is 0.0990. The lowest BCUT2D eigenvalue weighted by atomic mass is 10.2. The van der Waals surface area contributed by atoms with Crippen molar-refractivity contribution in [1.29, 1.82) is 0 Å². The third-order valence-corrected chi connectivity index (χ3v) is 2.54. The van der Waals surface area contributed by atoms with Gasteiger partial charge in [0.2, 0.25) is 5.91 Å². The second kappa shape index (κ2) is 4.22. The van der Waals surface area contributed by atoms with Crippen molar-refractivity contribution in [3.8, 4) is 0 Å². The molecule has 0 radical (unpaired) electrons. The average Bonchev–Trinajstić information content (AvgIpc) is 2.30. The fourth-order valence-electron chi connectivity index (χ4n) is 1.68. The van der Waals surface area contributed by atoms with Gasteiger partial charge in [0.15, 0.2) is 0 Å². The Bertz CT molecular complexity index is 414. The predicted molar refractivity (Wildman–Crippen MR) is 60.3 cm³/mol. The van der Waals surface area contributed by atoms with Crippen LogP contribution in [0.15, 0.2) is 24.3 Å². The molecule has 16 heavy (non-hydrogen) atoms. The Balaban J connectivity index is 2.20. The second-order valence-electron chi connectivity index (χ2n) is 3.65. The normalized spacial score (nSPS) is 15.8. The summed E-state index contributed by atoms with van der Waals surface area (Å²) in [7, 11) is 0. The standard InChI is InChI=1S/C11H13N3O2/c12-10(15)8-2-4-9(5-3-8)14-7-1-6-13-11(14)16/h2-5H,1,6-7H2,(H2,12,15)(H,13,16). The summed E-state index contributed by atoms with van der Waals surface area (Å²) in [5.74, 6) is -0.463. The van der Waals surface area contributed by atoms with Crippen molar-refractivity contribution in [1.82, 2.24) is 5.32 Å². The van der Waals surface area contributed by atoms with Gasteiger partial charge in [-0.3, -0.25) is 9.69 Å². The number of carbonyl (C=O) groups is 2. The number of urea groups is 1. The first kappa shape index (κ1) is 10.5. The average molecular weight is 219 g/mol. The van der Waals surface area contributed by atoms with Crippen molar-refractivity contribution >= 4 is 17.6 Å². The first-order valence-corrected chi connectivity index (χ1v) is 5.14. The topological polar surface area (TPSA) is 75.4 Å². The summed E-state index contributed by atoms with van der Waals surface area (Å²) < 4.78 is 0. The van der Waals surface area contributed by atoms with Gasteiger partial charge in [0.25, 0.3) is 0 Å². The molecule has 5 nitrogen and oxygen atoms in total. The summed E-state index contributed by atoms with van der Waals surface area (Å²) in [6.45, 7) is 1.41. The molecular formula is C11H13N3O2. The maximum atomic E-state index is 11.5. The van der Waals surface area contributed by atoms with E-state index in [9.17, 15) is 9.59 Å². The Morgan fingerprint density at radius 2 is 2.00 bits per heavy atom. The number of hydrogen-bond donors (Lipinski definition) is 2. The van der Waals surface area contributed by atoms with E-state index in [1.165, 1.54) is 0 Å². The first-order chi connectivity index (χ1) is 7.68. The summed E-state index contributed by atoms with van der Waals surface area (Å²) in [6.07, 6.45) is 0.920. The Hall–Kier alpha value is -2.04. The van der Waals surface area contributed by atoms with Crippen LogP contribution >= 0.6 is 0 Å². The van der Waals surface area contributed by atoms with Crippen LogP contribution in [0.5, 0.6) is 0 Å². The molecule has 1 aromatic carbocycles. The van der Waals surface area contributed by atoms with Crippen molar-refractivity contribution in [2.45, 2.75) is 6.42 Å². The van der Waals surface area contributed by atoms with Crippen LogP contribution in [0.25, 0.3) is 0 Å². The molecule has 3 N–H and O–H groups in total. The molecule has 1 fully saturated rings. The van der Waals surface area contributed by atoms with Crippen LogP contribution in [0.4, 0.5) is 10.5 Å². The Morgan fingerprint density at radius 3 is 2.56 bits per heavy atom. The molecule has 2 rings (SSSR count). The van der Waals surface area contributed by atoms with Gasteiger partial charge in [-0.25, -0.2) is 4.79 Å². The third-order valence-electron chi connectivity index (χ3n) is 2.54. The van der Waals surface area contributed by atoms with E-state index in [4.69, 9.17) is 5.73 Å². The van der Waals surface area contributed by atoms with Crippen molar-refractivity contribution in [2.75, 3.05) is 18.0 Å². The van der Waals surface area contributed by atoms with Gasteiger partial charge in [-0.15, -0.1) is 0 Å². The molecule has 0 spiro atoms. The maximum Gasteiger partial charge on any atom is 0.321 e. The number of carbonyl (C=O) groups excluding carboxylic acids is 2. The molecule has 3 amide bonds. The summed E-state index contributed by atoms with van der Waals surface area (Å²) in [5, 5.41) is 2.76. The monoisotopic (exact) mass is 219 g/mol. The Morgan fingerprint density at radius 1 is 1.31 bits per heavy atom.